The quantitative estimate of drug-likeness (QED) is 0.492. The first kappa shape index (κ1) is 15.1. The molecule has 9 heteroatoms. The zero-order valence-corrected chi connectivity index (χ0v) is 10.5. The maximum absolute atomic E-state index is 11.6. The molecule has 1 rings (SSSR count). The van der Waals surface area contributed by atoms with Gasteiger partial charge in [-0.15, -0.1) is 0 Å². The minimum atomic E-state index is -1.49. The average molecular weight is 281 g/mol. The first-order valence-corrected chi connectivity index (χ1v) is 5.28. The third kappa shape index (κ3) is 3.07. The van der Waals surface area contributed by atoms with Crippen LogP contribution in [0.3, 0.4) is 0 Å². The Balaban J connectivity index is 3.27. The number of carbonyl (C=O) groups is 2. The lowest BCUT2D eigenvalue weighted by molar-refractivity contribution is -0.384. The number of amides is 1. The number of aromatic carboxylic acids is 1. The van der Waals surface area contributed by atoms with Crippen molar-refractivity contribution in [3.63, 3.8) is 0 Å². The van der Waals surface area contributed by atoms with E-state index in [0.717, 1.165) is 17.2 Å². The lowest BCUT2D eigenvalue weighted by Gasteiger charge is -2.15. The number of ether oxygens (including phenoxy) is 1. The number of nitrogens with zero attached hydrogens (tertiary/aromatic N) is 3. The minimum Gasteiger partial charge on any atom is -0.477 e. The molecular weight excluding hydrogens is 270 g/mol. The van der Waals surface area contributed by atoms with Crippen molar-refractivity contribution in [2.75, 3.05) is 18.6 Å². The highest BCUT2D eigenvalue weighted by atomic mass is 16.6. The van der Waals surface area contributed by atoms with Crippen LogP contribution in [0.4, 0.5) is 16.3 Å². The Labute approximate surface area is 113 Å². The largest absolute Gasteiger partial charge is 0.477 e. The highest BCUT2D eigenvalue weighted by molar-refractivity contribution is 5.97. The van der Waals surface area contributed by atoms with E-state index in [4.69, 9.17) is 9.84 Å². The highest BCUT2D eigenvalue weighted by Crippen LogP contribution is 2.29. The highest BCUT2D eigenvalue weighted by Gasteiger charge is 2.30. The van der Waals surface area contributed by atoms with Crippen LogP contribution in [0.15, 0.2) is 24.9 Å². The van der Waals surface area contributed by atoms with E-state index in [1.807, 2.05) is 0 Å². The summed E-state index contributed by atoms with van der Waals surface area (Å²) in [6.45, 7) is 3.26. The van der Waals surface area contributed by atoms with Gasteiger partial charge in [0.1, 0.15) is 12.2 Å². The van der Waals surface area contributed by atoms with Gasteiger partial charge in [0.05, 0.1) is 4.92 Å². The molecule has 0 bridgehead atoms. The van der Waals surface area contributed by atoms with Gasteiger partial charge >= 0.3 is 17.7 Å². The maximum Gasteiger partial charge on any atom is 0.415 e. The molecule has 1 heterocycles. The number of pyridine rings is 1. The normalized spacial score (nSPS) is 9.65. The summed E-state index contributed by atoms with van der Waals surface area (Å²) in [4.78, 5) is 37.1. The van der Waals surface area contributed by atoms with Crippen LogP contribution < -0.4 is 4.90 Å². The molecule has 0 spiro atoms. The molecule has 20 heavy (non-hydrogen) atoms. The first-order chi connectivity index (χ1) is 9.40. The van der Waals surface area contributed by atoms with E-state index >= 15 is 0 Å². The summed E-state index contributed by atoms with van der Waals surface area (Å²) in [6, 6.07) is 0.979. The molecule has 106 valence electrons. The van der Waals surface area contributed by atoms with Gasteiger partial charge in [-0.3, -0.25) is 15.0 Å². The Morgan fingerprint density at radius 3 is 2.80 bits per heavy atom. The standard InChI is InChI=1S/C11H11N3O6/c1-3-6-20-11(17)13(2)9-8(14(18)19)7(10(15)16)4-5-12-9/h3-5H,1,6H2,2H3,(H,15,16). The molecule has 0 saturated carbocycles. The number of hydrogen-bond acceptors (Lipinski definition) is 6. The van der Waals surface area contributed by atoms with Crippen LogP contribution in [-0.4, -0.2) is 40.7 Å². The lowest BCUT2D eigenvalue weighted by atomic mass is 10.2. The zero-order valence-electron chi connectivity index (χ0n) is 10.5. The van der Waals surface area contributed by atoms with Crippen molar-refractivity contribution in [3.05, 3.63) is 40.6 Å². The SMILES string of the molecule is C=CCOC(=O)N(C)c1nccc(C(=O)O)c1[N+](=O)[O-]. The van der Waals surface area contributed by atoms with Crippen molar-refractivity contribution in [3.8, 4) is 0 Å². The van der Waals surface area contributed by atoms with Crippen molar-refractivity contribution in [2.45, 2.75) is 0 Å². The van der Waals surface area contributed by atoms with E-state index in [1.165, 1.54) is 13.1 Å². The van der Waals surface area contributed by atoms with Crippen LogP contribution in [0, 0.1) is 10.1 Å². The zero-order chi connectivity index (χ0) is 15.3. The van der Waals surface area contributed by atoms with Gasteiger partial charge in [0.25, 0.3) is 0 Å². The van der Waals surface area contributed by atoms with Crippen molar-refractivity contribution >= 4 is 23.6 Å². The van der Waals surface area contributed by atoms with Crippen molar-refractivity contribution in [1.29, 1.82) is 0 Å². The summed E-state index contributed by atoms with van der Waals surface area (Å²) >= 11 is 0. The second-order valence-corrected chi connectivity index (χ2v) is 3.52. The van der Waals surface area contributed by atoms with Gasteiger partial charge in [0.15, 0.2) is 0 Å². The fourth-order valence-electron chi connectivity index (χ4n) is 1.35. The Kier molecular flexibility index (Phi) is 4.73. The summed E-state index contributed by atoms with van der Waals surface area (Å²) in [5.74, 6) is -1.91. The Morgan fingerprint density at radius 1 is 1.65 bits per heavy atom. The molecule has 0 saturated heterocycles. The predicted molar refractivity (Wildman–Crippen MR) is 67.8 cm³/mol. The number of aromatic nitrogens is 1. The number of hydrogen-bond donors (Lipinski definition) is 1. The van der Waals surface area contributed by atoms with Crippen LogP contribution in [0.5, 0.6) is 0 Å². The van der Waals surface area contributed by atoms with E-state index in [0.29, 0.717) is 0 Å². The first-order valence-electron chi connectivity index (χ1n) is 5.28. The predicted octanol–water partition coefficient (Wildman–Crippen LogP) is 1.45. The molecule has 0 fully saturated rings. The van der Waals surface area contributed by atoms with Gasteiger partial charge in [0, 0.05) is 13.2 Å². The van der Waals surface area contributed by atoms with Crippen LogP contribution in [0.1, 0.15) is 10.4 Å². The number of carboxylic acid groups (broad SMARTS) is 1. The van der Waals surface area contributed by atoms with Crippen LogP contribution in [0.2, 0.25) is 0 Å². The molecule has 1 amide bonds. The van der Waals surface area contributed by atoms with E-state index in [-0.39, 0.29) is 6.61 Å². The molecule has 0 unspecified atom stereocenters. The molecule has 0 aromatic carbocycles. The average Bonchev–Trinajstić information content (AvgIpc) is 2.42. The van der Waals surface area contributed by atoms with Crippen LogP contribution >= 0.6 is 0 Å². The smallest absolute Gasteiger partial charge is 0.415 e. The summed E-state index contributed by atoms with van der Waals surface area (Å²) in [7, 11) is 1.19. The third-order valence-corrected chi connectivity index (χ3v) is 2.23. The van der Waals surface area contributed by atoms with Crippen LogP contribution in [0.25, 0.3) is 0 Å². The minimum absolute atomic E-state index is 0.0877. The Bertz CT molecular complexity index is 571. The van der Waals surface area contributed by atoms with E-state index in [2.05, 4.69) is 11.6 Å². The number of rotatable bonds is 5. The fraction of sp³-hybridized carbons (Fsp3) is 0.182. The Morgan fingerprint density at radius 2 is 2.30 bits per heavy atom. The van der Waals surface area contributed by atoms with E-state index in [9.17, 15) is 19.7 Å². The summed E-state index contributed by atoms with van der Waals surface area (Å²) in [5.41, 5.74) is -1.35. The monoisotopic (exact) mass is 281 g/mol. The number of carboxylic acids is 1. The number of carbonyl (C=O) groups excluding carboxylic acids is 1. The molecule has 0 aliphatic heterocycles. The van der Waals surface area contributed by atoms with Crippen molar-refractivity contribution in [2.24, 2.45) is 0 Å². The molecule has 0 atom stereocenters. The topological polar surface area (TPSA) is 123 Å². The van der Waals surface area contributed by atoms with E-state index in [1.54, 1.807) is 0 Å². The Hall–Kier alpha value is -2.97. The fourth-order valence-corrected chi connectivity index (χ4v) is 1.35. The van der Waals surface area contributed by atoms with E-state index < -0.39 is 34.1 Å². The number of anilines is 1. The molecule has 1 N–H and O–H groups in total. The third-order valence-electron chi connectivity index (χ3n) is 2.23. The molecule has 0 aliphatic carbocycles. The van der Waals surface area contributed by atoms with Gasteiger partial charge in [-0.25, -0.2) is 14.6 Å². The van der Waals surface area contributed by atoms with Gasteiger partial charge < -0.3 is 9.84 Å². The molecule has 1 aromatic rings. The van der Waals surface area contributed by atoms with Gasteiger partial charge in [-0.05, 0) is 6.07 Å². The van der Waals surface area contributed by atoms with Gasteiger partial charge in [-0.1, -0.05) is 12.7 Å². The maximum atomic E-state index is 11.6. The van der Waals surface area contributed by atoms with Gasteiger partial charge in [-0.2, -0.15) is 0 Å². The molecular formula is C11H11N3O6. The number of nitro groups is 1. The molecule has 1 aromatic heterocycles. The van der Waals surface area contributed by atoms with Crippen molar-refractivity contribution < 1.29 is 24.4 Å². The lowest BCUT2D eigenvalue weighted by Crippen LogP contribution is -2.29. The van der Waals surface area contributed by atoms with Crippen molar-refractivity contribution in [1.82, 2.24) is 4.98 Å². The molecule has 0 aliphatic rings. The molecule has 9 nitrogen and oxygen atoms in total. The summed E-state index contributed by atoms with van der Waals surface area (Å²) in [6.07, 6.45) is 1.47. The van der Waals surface area contributed by atoms with Gasteiger partial charge in [0.2, 0.25) is 5.82 Å². The van der Waals surface area contributed by atoms with Crippen LogP contribution in [-0.2, 0) is 4.74 Å². The second kappa shape index (κ2) is 6.27. The summed E-state index contributed by atoms with van der Waals surface area (Å²) in [5, 5.41) is 19.9. The molecule has 0 radical (unpaired) electrons. The second-order valence-electron chi connectivity index (χ2n) is 3.52. The summed E-state index contributed by atoms with van der Waals surface area (Å²) < 4.78 is 4.70.